The monoisotopic (exact) mass is 151 g/mol. The van der Waals surface area contributed by atoms with Gasteiger partial charge in [-0.1, -0.05) is 6.92 Å². The minimum absolute atomic E-state index is 0.0444. The van der Waals surface area contributed by atoms with E-state index in [1.54, 1.807) is 0 Å². The molecule has 0 aromatic rings. The minimum Gasteiger partial charge on any atom is -0.771 e. The van der Waals surface area contributed by atoms with E-state index in [-0.39, 0.29) is 12.0 Å². The molecule has 56 valence electrons. The molecule has 0 fully saturated rings. The van der Waals surface area contributed by atoms with Gasteiger partial charge in [0.1, 0.15) is 5.94 Å². The van der Waals surface area contributed by atoms with Crippen LogP contribution in [-0.4, -0.2) is 20.8 Å². The van der Waals surface area contributed by atoms with Gasteiger partial charge in [0.2, 0.25) is 0 Å². The van der Waals surface area contributed by atoms with E-state index in [4.69, 9.17) is 4.74 Å². The lowest BCUT2D eigenvalue weighted by molar-refractivity contribution is 0.0968. The highest BCUT2D eigenvalue weighted by atomic mass is 32.2. The van der Waals surface area contributed by atoms with Crippen LogP contribution in [-0.2, 0) is 15.8 Å². The van der Waals surface area contributed by atoms with Crippen molar-refractivity contribution in [3.05, 3.63) is 0 Å². The third-order valence-electron chi connectivity index (χ3n) is 1.02. The Kier molecular flexibility index (Phi) is 4.94. The van der Waals surface area contributed by atoms with Crippen molar-refractivity contribution < 1.29 is 13.5 Å². The molecule has 0 N–H and O–H groups in total. The molecule has 0 saturated heterocycles. The van der Waals surface area contributed by atoms with Gasteiger partial charge in [-0.2, -0.15) is 0 Å². The van der Waals surface area contributed by atoms with Crippen LogP contribution < -0.4 is 0 Å². The van der Waals surface area contributed by atoms with Crippen molar-refractivity contribution in [3.63, 3.8) is 0 Å². The molecule has 2 atom stereocenters. The van der Waals surface area contributed by atoms with Gasteiger partial charge in [0.15, 0.2) is 0 Å². The Bertz CT molecular complexity index is 94.2. The van der Waals surface area contributed by atoms with Crippen LogP contribution in [0.4, 0.5) is 0 Å². The Morgan fingerprint density at radius 1 is 1.78 bits per heavy atom. The molecule has 0 amide bonds. The van der Waals surface area contributed by atoms with Crippen molar-refractivity contribution in [1.82, 2.24) is 0 Å². The molecule has 3 nitrogen and oxygen atoms in total. The lowest BCUT2D eigenvalue weighted by Crippen LogP contribution is -2.10. The summed E-state index contributed by atoms with van der Waals surface area (Å²) in [5.41, 5.74) is 0. The second-order valence-corrected chi connectivity index (χ2v) is 2.65. The van der Waals surface area contributed by atoms with E-state index in [2.05, 4.69) is 0 Å². The molecule has 9 heavy (non-hydrogen) atoms. The Labute approximate surface area is 57.7 Å². The molecule has 0 aliphatic rings. The Balaban J connectivity index is 3.16. The third-order valence-corrected chi connectivity index (χ3v) is 1.35. The number of hydrogen-bond donors (Lipinski definition) is 0. The average Bonchev–Trinajstić information content (AvgIpc) is 1.83. The van der Waals surface area contributed by atoms with Crippen LogP contribution in [0.1, 0.15) is 20.3 Å². The van der Waals surface area contributed by atoms with Crippen molar-refractivity contribution in [2.45, 2.75) is 26.4 Å². The maximum atomic E-state index is 9.89. The fraction of sp³-hybridized carbons (Fsp3) is 1.00. The second kappa shape index (κ2) is 4.90. The quantitative estimate of drug-likeness (QED) is 0.554. The summed E-state index contributed by atoms with van der Waals surface area (Å²) in [6.07, 6.45) is 0.889. The maximum absolute atomic E-state index is 9.89. The average molecular weight is 151 g/mol. The van der Waals surface area contributed by atoms with E-state index in [9.17, 15) is 8.76 Å². The summed E-state index contributed by atoms with van der Waals surface area (Å²) in [6, 6.07) is 0. The summed E-state index contributed by atoms with van der Waals surface area (Å²) < 4.78 is 24.6. The minimum atomic E-state index is -2.06. The van der Waals surface area contributed by atoms with E-state index in [0.29, 0.717) is 0 Å². The van der Waals surface area contributed by atoms with Crippen LogP contribution >= 0.6 is 0 Å². The van der Waals surface area contributed by atoms with Crippen molar-refractivity contribution in [3.8, 4) is 0 Å². The molecular weight excluding hydrogens is 140 g/mol. The van der Waals surface area contributed by atoms with Crippen molar-refractivity contribution in [2.24, 2.45) is 0 Å². The predicted molar refractivity (Wildman–Crippen MR) is 34.6 cm³/mol. The van der Waals surface area contributed by atoms with Gasteiger partial charge in [-0.3, -0.25) is 4.21 Å². The second-order valence-electron chi connectivity index (χ2n) is 1.81. The summed E-state index contributed by atoms with van der Waals surface area (Å²) in [7, 11) is 0. The van der Waals surface area contributed by atoms with E-state index in [0.717, 1.165) is 6.42 Å². The van der Waals surface area contributed by atoms with Gasteiger partial charge in [-0.25, -0.2) is 0 Å². The predicted octanol–water partition coefficient (Wildman–Crippen LogP) is 0.638. The molecular formula is C5H11O3S-. The highest BCUT2D eigenvalue weighted by molar-refractivity contribution is 7.78. The van der Waals surface area contributed by atoms with E-state index >= 15 is 0 Å². The molecule has 2 unspecified atom stereocenters. The summed E-state index contributed by atoms with van der Waals surface area (Å²) in [6.45, 7) is 3.78. The molecule has 0 aromatic heterocycles. The van der Waals surface area contributed by atoms with Gasteiger partial charge in [-0.05, 0) is 24.4 Å². The van der Waals surface area contributed by atoms with E-state index in [1.165, 1.54) is 0 Å². The lowest BCUT2D eigenvalue weighted by Gasteiger charge is -2.11. The lowest BCUT2D eigenvalue weighted by atomic mass is 10.3. The highest BCUT2D eigenvalue weighted by Crippen LogP contribution is 1.95. The first-order valence-corrected chi connectivity index (χ1v) is 4.08. The van der Waals surface area contributed by atoms with Crippen LogP contribution in [0.2, 0.25) is 0 Å². The third kappa shape index (κ3) is 5.95. The standard InChI is InChI=1S/C5H12O3S/c1-3-5(2)8-4-9(6)7/h5H,3-4H2,1-2H3,(H,6,7)/p-1. The Morgan fingerprint density at radius 2 is 2.33 bits per heavy atom. The zero-order valence-corrected chi connectivity index (χ0v) is 6.44. The van der Waals surface area contributed by atoms with Crippen molar-refractivity contribution in [2.75, 3.05) is 5.94 Å². The van der Waals surface area contributed by atoms with Crippen molar-refractivity contribution in [1.29, 1.82) is 0 Å². The number of rotatable bonds is 4. The van der Waals surface area contributed by atoms with Crippen LogP contribution in [0.3, 0.4) is 0 Å². The van der Waals surface area contributed by atoms with Gasteiger partial charge < -0.3 is 9.29 Å². The summed E-state index contributed by atoms with van der Waals surface area (Å²) in [5.74, 6) is -0.186. The smallest absolute Gasteiger partial charge is 0.109 e. The van der Waals surface area contributed by atoms with Gasteiger partial charge in [0, 0.05) is 0 Å². The molecule has 0 aromatic carbocycles. The maximum Gasteiger partial charge on any atom is 0.109 e. The molecule has 0 aliphatic carbocycles. The zero-order chi connectivity index (χ0) is 7.28. The van der Waals surface area contributed by atoms with Gasteiger partial charge in [0.25, 0.3) is 0 Å². The fourth-order valence-electron chi connectivity index (χ4n) is 0.290. The van der Waals surface area contributed by atoms with E-state index < -0.39 is 11.1 Å². The highest BCUT2D eigenvalue weighted by Gasteiger charge is 1.95. The molecule has 0 radical (unpaired) electrons. The molecule has 0 heterocycles. The first-order valence-electron chi connectivity index (χ1n) is 2.84. The van der Waals surface area contributed by atoms with Gasteiger partial charge in [0.05, 0.1) is 6.10 Å². The van der Waals surface area contributed by atoms with Crippen LogP contribution in [0.25, 0.3) is 0 Å². The van der Waals surface area contributed by atoms with Crippen LogP contribution in [0.5, 0.6) is 0 Å². The molecule has 0 rings (SSSR count). The Morgan fingerprint density at radius 3 is 2.67 bits per heavy atom. The molecule has 0 bridgehead atoms. The summed E-state index contributed by atoms with van der Waals surface area (Å²) in [5, 5.41) is 0. The van der Waals surface area contributed by atoms with E-state index in [1.807, 2.05) is 13.8 Å². The first kappa shape index (κ1) is 9.07. The fourth-order valence-corrected chi connectivity index (χ4v) is 0.633. The first-order chi connectivity index (χ1) is 4.16. The van der Waals surface area contributed by atoms with Gasteiger partial charge >= 0.3 is 0 Å². The molecule has 0 spiro atoms. The SMILES string of the molecule is CCC(C)OCS(=O)[O-]. The van der Waals surface area contributed by atoms with Crippen molar-refractivity contribution >= 4 is 11.1 Å². The van der Waals surface area contributed by atoms with Crippen LogP contribution in [0, 0.1) is 0 Å². The van der Waals surface area contributed by atoms with Crippen LogP contribution in [0.15, 0.2) is 0 Å². The number of hydrogen-bond acceptors (Lipinski definition) is 3. The number of ether oxygens (including phenoxy) is 1. The zero-order valence-electron chi connectivity index (χ0n) is 5.62. The molecule has 0 saturated carbocycles. The summed E-state index contributed by atoms with van der Waals surface area (Å²) in [4.78, 5) is 0. The summed E-state index contributed by atoms with van der Waals surface area (Å²) >= 11 is -2.06. The largest absolute Gasteiger partial charge is 0.771 e. The molecule has 4 heteroatoms. The Hall–Kier alpha value is 0.0700. The topological polar surface area (TPSA) is 49.4 Å². The normalized spacial score (nSPS) is 17.2. The van der Waals surface area contributed by atoms with Gasteiger partial charge in [-0.15, -0.1) is 0 Å². The molecule has 0 aliphatic heterocycles.